The molecule has 1 aliphatic rings. The van der Waals surface area contributed by atoms with Gasteiger partial charge in [-0.2, -0.15) is 4.68 Å². The first-order valence-electron chi connectivity index (χ1n) is 7.19. The third-order valence-corrected chi connectivity index (χ3v) is 3.79. The molecule has 1 amide bonds. The van der Waals surface area contributed by atoms with Gasteiger partial charge in [0.1, 0.15) is 0 Å². The Bertz CT molecular complexity index is 632. The summed E-state index contributed by atoms with van der Waals surface area (Å²) in [5, 5.41) is 14.0. The molecule has 0 spiro atoms. The van der Waals surface area contributed by atoms with Gasteiger partial charge in [0.2, 0.25) is 5.95 Å². The van der Waals surface area contributed by atoms with Gasteiger partial charge < -0.3 is 11.1 Å². The fourth-order valence-electron chi connectivity index (χ4n) is 2.67. The highest BCUT2D eigenvalue weighted by Gasteiger charge is 2.17. The Labute approximate surface area is 122 Å². The van der Waals surface area contributed by atoms with Crippen LogP contribution < -0.4 is 11.1 Å². The third-order valence-electron chi connectivity index (χ3n) is 3.79. The number of nitrogen functional groups attached to an aromatic ring is 1. The molecule has 1 heterocycles. The van der Waals surface area contributed by atoms with Gasteiger partial charge >= 0.3 is 0 Å². The van der Waals surface area contributed by atoms with Gasteiger partial charge in [0.15, 0.2) is 0 Å². The molecular formula is C14H18N6O. The molecule has 0 saturated heterocycles. The summed E-state index contributed by atoms with van der Waals surface area (Å²) >= 11 is 0. The summed E-state index contributed by atoms with van der Waals surface area (Å²) in [4.78, 5) is 12.3. The van der Waals surface area contributed by atoms with E-state index in [0.717, 1.165) is 12.8 Å². The normalized spacial score (nSPS) is 15.8. The van der Waals surface area contributed by atoms with Crippen LogP contribution in [0.4, 0.5) is 5.95 Å². The number of carbonyl (C=O) groups excluding carboxylic acids is 1. The second-order valence-corrected chi connectivity index (χ2v) is 5.31. The largest absolute Gasteiger partial charge is 0.366 e. The highest BCUT2D eigenvalue weighted by molar-refractivity contribution is 5.94. The molecule has 21 heavy (non-hydrogen) atoms. The number of aromatic nitrogens is 4. The number of benzene rings is 1. The number of amides is 1. The molecule has 1 fully saturated rings. The Morgan fingerprint density at radius 2 is 2.10 bits per heavy atom. The lowest BCUT2D eigenvalue weighted by atomic mass is 9.95. The molecule has 0 bridgehead atoms. The molecule has 7 heteroatoms. The van der Waals surface area contributed by atoms with E-state index in [4.69, 9.17) is 5.73 Å². The van der Waals surface area contributed by atoms with Crippen LogP contribution in [0.3, 0.4) is 0 Å². The van der Waals surface area contributed by atoms with E-state index < -0.39 is 0 Å². The SMILES string of the molecule is Nc1nnnn1-c1cccc(C(=O)NC2CCCCC2)c1. The molecule has 0 unspecified atom stereocenters. The van der Waals surface area contributed by atoms with Crippen molar-refractivity contribution in [1.82, 2.24) is 25.5 Å². The zero-order chi connectivity index (χ0) is 14.7. The minimum atomic E-state index is -0.0598. The van der Waals surface area contributed by atoms with Crippen molar-refractivity contribution in [2.45, 2.75) is 38.1 Å². The number of tetrazole rings is 1. The number of hydrogen-bond donors (Lipinski definition) is 2. The predicted octanol–water partition coefficient (Wildman–Crippen LogP) is 1.31. The molecule has 0 atom stereocenters. The van der Waals surface area contributed by atoms with Crippen molar-refractivity contribution in [2.75, 3.05) is 5.73 Å². The van der Waals surface area contributed by atoms with Crippen molar-refractivity contribution in [3.63, 3.8) is 0 Å². The molecular weight excluding hydrogens is 268 g/mol. The summed E-state index contributed by atoms with van der Waals surface area (Å²) < 4.78 is 1.40. The average Bonchev–Trinajstić information content (AvgIpc) is 2.94. The van der Waals surface area contributed by atoms with Crippen LogP contribution in [-0.4, -0.2) is 32.2 Å². The standard InChI is InChI=1S/C14H18N6O/c15-14-17-18-19-20(14)12-8-4-5-10(9-12)13(21)16-11-6-2-1-3-7-11/h4-5,8-9,11H,1-3,6-7H2,(H,16,21)(H2,15,17,19). The van der Waals surface area contributed by atoms with Gasteiger partial charge in [-0.15, -0.1) is 0 Å². The van der Waals surface area contributed by atoms with E-state index in [9.17, 15) is 4.79 Å². The second-order valence-electron chi connectivity index (χ2n) is 5.31. The number of hydrogen-bond acceptors (Lipinski definition) is 5. The van der Waals surface area contributed by atoms with Crippen LogP contribution >= 0.6 is 0 Å². The molecule has 1 aliphatic carbocycles. The number of nitrogens with two attached hydrogens (primary N) is 1. The molecule has 1 aromatic carbocycles. The molecule has 2 aromatic rings. The lowest BCUT2D eigenvalue weighted by Gasteiger charge is -2.22. The monoisotopic (exact) mass is 286 g/mol. The molecule has 7 nitrogen and oxygen atoms in total. The van der Waals surface area contributed by atoms with Crippen LogP contribution in [0.1, 0.15) is 42.5 Å². The van der Waals surface area contributed by atoms with Crippen LogP contribution in [0, 0.1) is 0 Å². The van der Waals surface area contributed by atoms with Gasteiger partial charge in [-0.25, -0.2) is 0 Å². The molecule has 3 rings (SSSR count). The van der Waals surface area contributed by atoms with Crippen LogP contribution in [-0.2, 0) is 0 Å². The average molecular weight is 286 g/mol. The second kappa shape index (κ2) is 5.90. The summed E-state index contributed by atoms with van der Waals surface area (Å²) in [5.74, 6) is 0.134. The van der Waals surface area contributed by atoms with Crippen molar-refractivity contribution < 1.29 is 4.79 Å². The maximum atomic E-state index is 12.3. The number of carbonyl (C=O) groups is 1. The van der Waals surface area contributed by atoms with Crippen LogP contribution in [0.25, 0.3) is 5.69 Å². The molecule has 1 aromatic heterocycles. The quantitative estimate of drug-likeness (QED) is 0.886. The maximum absolute atomic E-state index is 12.3. The van der Waals surface area contributed by atoms with Crippen LogP contribution in [0.5, 0.6) is 0 Å². The molecule has 110 valence electrons. The Balaban J connectivity index is 1.76. The zero-order valence-corrected chi connectivity index (χ0v) is 11.7. The van der Waals surface area contributed by atoms with E-state index >= 15 is 0 Å². The van der Waals surface area contributed by atoms with Crippen molar-refractivity contribution in [3.8, 4) is 5.69 Å². The van der Waals surface area contributed by atoms with Gasteiger partial charge in [-0.05, 0) is 41.5 Å². The lowest BCUT2D eigenvalue weighted by molar-refractivity contribution is 0.0927. The summed E-state index contributed by atoms with van der Waals surface area (Å²) in [6.45, 7) is 0. The van der Waals surface area contributed by atoms with Crippen molar-refractivity contribution in [1.29, 1.82) is 0 Å². The van der Waals surface area contributed by atoms with Gasteiger partial charge in [0, 0.05) is 11.6 Å². The van der Waals surface area contributed by atoms with Crippen molar-refractivity contribution in [2.24, 2.45) is 0 Å². The minimum Gasteiger partial charge on any atom is -0.366 e. The molecule has 1 saturated carbocycles. The van der Waals surface area contributed by atoms with Crippen LogP contribution in [0.15, 0.2) is 24.3 Å². The van der Waals surface area contributed by atoms with E-state index in [1.807, 2.05) is 6.07 Å². The highest BCUT2D eigenvalue weighted by atomic mass is 16.1. The molecule has 0 aliphatic heterocycles. The molecule has 3 N–H and O–H groups in total. The summed E-state index contributed by atoms with van der Waals surface area (Å²) in [5.41, 5.74) is 6.94. The minimum absolute atomic E-state index is 0.0598. The fourth-order valence-corrected chi connectivity index (χ4v) is 2.67. The summed E-state index contributed by atoms with van der Waals surface area (Å²) in [7, 11) is 0. The van der Waals surface area contributed by atoms with E-state index in [1.54, 1.807) is 18.2 Å². The lowest BCUT2D eigenvalue weighted by Crippen LogP contribution is -2.36. The third kappa shape index (κ3) is 3.01. The van der Waals surface area contributed by atoms with Crippen LogP contribution in [0.2, 0.25) is 0 Å². The van der Waals surface area contributed by atoms with Crippen molar-refractivity contribution >= 4 is 11.9 Å². The topological polar surface area (TPSA) is 98.7 Å². The Kier molecular flexibility index (Phi) is 3.81. The number of rotatable bonds is 3. The first-order valence-corrected chi connectivity index (χ1v) is 7.19. The maximum Gasteiger partial charge on any atom is 0.251 e. The van der Waals surface area contributed by atoms with Gasteiger partial charge in [0.25, 0.3) is 5.91 Å². The number of nitrogens with one attached hydrogen (secondary N) is 1. The predicted molar refractivity (Wildman–Crippen MR) is 77.9 cm³/mol. The first-order chi connectivity index (χ1) is 10.2. The van der Waals surface area contributed by atoms with E-state index in [1.165, 1.54) is 23.9 Å². The Hall–Kier alpha value is -2.44. The molecule has 0 radical (unpaired) electrons. The highest BCUT2D eigenvalue weighted by Crippen LogP contribution is 2.18. The van der Waals surface area contributed by atoms with Gasteiger partial charge in [-0.1, -0.05) is 30.4 Å². The smallest absolute Gasteiger partial charge is 0.251 e. The number of nitrogens with zero attached hydrogens (tertiary/aromatic N) is 4. The summed E-state index contributed by atoms with van der Waals surface area (Å²) in [6, 6.07) is 7.41. The zero-order valence-electron chi connectivity index (χ0n) is 11.7. The van der Waals surface area contributed by atoms with Gasteiger partial charge in [0.05, 0.1) is 5.69 Å². The summed E-state index contributed by atoms with van der Waals surface area (Å²) in [6.07, 6.45) is 5.76. The van der Waals surface area contributed by atoms with E-state index in [0.29, 0.717) is 11.3 Å². The number of anilines is 1. The Morgan fingerprint density at radius 1 is 1.29 bits per heavy atom. The van der Waals surface area contributed by atoms with E-state index in [-0.39, 0.29) is 17.9 Å². The fraction of sp³-hybridized carbons (Fsp3) is 0.429. The first kappa shape index (κ1) is 13.5. The van der Waals surface area contributed by atoms with E-state index in [2.05, 4.69) is 20.8 Å². The van der Waals surface area contributed by atoms with Gasteiger partial charge in [-0.3, -0.25) is 4.79 Å². The Morgan fingerprint density at radius 3 is 2.81 bits per heavy atom. The van der Waals surface area contributed by atoms with Crippen molar-refractivity contribution in [3.05, 3.63) is 29.8 Å².